The van der Waals surface area contributed by atoms with E-state index in [0.717, 1.165) is 44.5 Å². The van der Waals surface area contributed by atoms with Gasteiger partial charge < -0.3 is 20.4 Å². The van der Waals surface area contributed by atoms with Crippen molar-refractivity contribution in [2.45, 2.75) is 132 Å². The molecule has 0 saturated heterocycles. The molecule has 0 spiro atoms. The topological polar surface area (TPSA) is 115 Å². The van der Waals surface area contributed by atoms with Crippen molar-refractivity contribution in [2.75, 3.05) is 0 Å². The second kappa shape index (κ2) is 14.8. The van der Waals surface area contributed by atoms with E-state index in [1.54, 1.807) is 0 Å². The first-order chi connectivity index (χ1) is 26.4. The molecule has 4 N–H and O–H groups in total. The Bertz CT molecular complexity index is 2310. The van der Waals surface area contributed by atoms with Gasteiger partial charge in [0.15, 0.2) is 0 Å². The summed E-state index contributed by atoms with van der Waals surface area (Å²) < 4.78 is 0. The Hall–Kier alpha value is -5.36. The number of aromatic carboxylic acids is 2. The van der Waals surface area contributed by atoms with E-state index in [2.05, 4.69) is 41.5 Å². The molecule has 0 aliphatic carbocycles. The molecule has 5 aromatic carbocycles. The SMILES string of the molecule is Cc1cc(-c2cc(C)cc(C(C)(C)C)c2-c2c(C(=O)O)ccc(C(=O)O)c2-c2c(-c3cc(C)cc(C(C)(C)C)c3O)cc(C)cc2C(C)(C)C)c(O)c(C(C)(C)C)c1. The Balaban J connectivity index is 2.22. The number of hydrogen-bond acceptors (Lipinski definition) is 4. The van der Waals surface area contributed by atoms with Crippen molar-refractivity contribution in [3.63, 3.8) is 0 Å². The van der Waals surface area contributed by atoms with Crippen molar-refractivity contribution in [3.8, 4) is 56.0 Å². The molecule has 0 unspecified atom stereocenters. The summed E-state index contributed by atoms with van der Waals surface area (Å²) >= 11 is 0. The molecular weight excluding hydrogens is 721 g/mol. The van der Waals surface area contributed by atoms with Crippen LogP contribution in [0.5, 0.6) is 11.5 Å². The zero-order valence-corrected chi connectivity index (χ0v) is 37.4. The maximum absolute atomic E-state index is 13.7. The van der Waals surface area contributed by atoms with Crippen LogP contribution in [0.1, 0.15) is 148 Å². The third-order valence-electron chi connectivity index (χ3n) is 11.1. The van der Waals surface area contributed by atoms with Crippen LogP contribution in [-0.4, -0.2) is 32.4 Å². The first-order valence-corrected chi connectivity index (χ1v) is 20.1. The van der Waals surface area contributed by atoms with Crippen LogP contribution in [0.25, 0.3) is 44.5 Å². The largest absolute Gasteiger partial charge is 0.507 e. The lowest BCUT2D eigenvalue weighted by Gasteiger charge is -2.32. The minimum absolute atomic E-state index is 0.0750. The Kier molecular flexibility index (Phi) is 11.2. The van der Waals surface area contributed by atoms with Crippen LogP contribution >= 0.6 is 0 Å². The van der Waals surface area contributed by atoms with Gasteiger partial charge in [-0.2, -0.15) is 0 Å². The first kappa shape index (κ1) is 43.8. The van der Waals surface area contributed by atoms with Crippen LogP contribution in [0.3, 0.4) is 0 Å². The predicted octanol–water partition coefficient (Wildman–Crippen LogP) is 13.6. The summed E-state index contributed by atoms with van der Waals surface area (Å²) in [5.41, 5.74) is 8.37. The third kappa shape index (κ3) is 8.16. The number of hydrogen-bond donors (Lipinski definition) is 4. The summed E-state index contributed by atoms with van der Waals surface area (Å²) in [6.45, 7) is 32.5. The number of aromatic hydroxyl groups is 2. The molecule has 0 bridgehead atoms. The summed E-state index contributed by atoms with van der Waals surface area (Å²) in [6, 6.07) is 18.6. The number of carboxylic acid groups (broad SMARTS) is 2. The van der Waals surface area contributed by atoms with Gasteiger partial charge in [-0.05, 0) is 118 Å². The molecule has 5 aromatic rings. The maximum atomic E-state index is 13.7. The lowest BCUT2D eigenvalue weighted by atomic mass is 9.71. The zero-order chi connectivity index (χ0) is 43.8. The van der Waals surface area contributed by atoms with Gasteiger partial charge in [0.1, 0.15) is 11.5 Å². The van der Waals surface area contributed by atoms with Crippen molar-refractivity contribution >= 4 is 11.9 Å². The third-order valence-corrected chi connectivity index (χ3v) is 11.1. The average molecular weight is 783 g/mol. The van der Waals surface area contributed by atoms with E-state index >= 15 is 0 Å². The molecule has 58 heavy (non-hydrogen) atoms. The molecule has 0 aliphatic heterocycles. The number of carbonyl (C=O) groups is 2. The van der Waals surface area contributed by atoms with Gasteiger partial charge in [0.2, 0.25) is 0 Å². The fourth-order valence-corrected chi connectivity index (χ4v) is 8.31. The molecule has 0 fully saturated rings. The Morgan fingerprint density at radius 1 is 0.379 bits per heavy atom. The number of rotatable bonds is 6. The predicted molar refractivity (Wildman–Crippen MR) is 239 cm³/mol. The van der Waals surface area contributed by atoms with E-state index in [1.807, 2.05) is 118 Å². The number of benzene rings is 5. The summed E-state index contributed by atoms with van der Waals surface area (Å²) in [7, 11) is 0. The second-order valence-electron chi connectivity index (χ2n) is 20.4. The minimum atomic E-state index is -1.22. The van der Waals surface area contributed by atoms with Gasteiger partial charge in [0.05, 0.1) is 11.1 Å². The van der Waals surface area contributed by atoms with E-state index < -0.39 is 33.6 Å². The minimum Gasteiger partial charge on any atom is -0.507 e. The van der Waals surface area contributed by atoms with Crippen LogP contribution in [0.15, 0.2) is 60.7 Å². The van der Waals surface area contributed by atoms with Crippen LogP contribution < -0.4 is 0 Å². The van der Waals surface area contributed by atoms with Crippen LogP contribution in [0.4, 0.5) is 0 Å². The van der Waals surface area contributed by atoms with Crippen molar-refractivity contribution < 1.29 is 30.0 Å². The second-order valence-corrected chi connectivity index (χ2v) is 20.4. The molecule has 0 heterocycles. The molecule has 0 saturated carbocycles. The lowest BCUT2D eigenvalue weighted by Crippen LogP contribution is -2.19. The van der Waals surface area contributed by atoms with Gasteiger partial charge in [-0.3, -0.25) is 0 Å². The van der Waals surface area contributed by atoms with E-state index in [9.17, 15) is 30.0 Å². The molecular formula is C52H62O6. The molecule has 306 valence electrons. The first-order valence-electron chi connectivity index (χ1n) is 20.1. The van der Waals surface area contributed by atoms with E-state index in [0.29, 0.717) is 33.4 Å². The summed E-state index contributed by atoms with van der Waals surface area (Å²) in [4.78, 5) is 27.5. The zero-order valence-electron chi connectivity index (χ0n) is 37.4. The van der Waals surface area contributed by atoms with E-state index in [4.69, 9.17) is 0 Å². The number of aryl methyl sites for hydroxylation is 4. The van der Waals surface area contributed by atoms with Crippen molar-refractivity contribution in [2.24, 2.45) is 0 Å². The molecule has 6 heteroatoms. The molecule has 0 aliphatic rings. The highest BCUT2D eigenvalue weighted by molar-refractivity contribution is 6.13. The van der Waals surface area contributed by atoms with Gasteiger partial charge in [0.25, 0.3) is 0 Å². The Morgan fingerprint density at radius 3 is 0.862 bits per heavy atom. The van der Waals surface area contributed by atoms with Gasteiger partial charge in [-0.15, -0.1) is 0 Å². The fraction of sp³-hybridized carbons (Fsp3) is 0.385. The highest BCUT2D eigenvalue weighted by atomic mass is 16.4. The Labute approximate surface area is 345 Å². The fourth-order valence-electron chi connectivity index (χ4n) is 8.31. The van der Waals surface area contributed by atoms with Gasteiger partial charge in [-0.1, -0.05) is 131 Å². The summed E-state index contributed by atoms with van der Waals surface area (Å²) in [5, 5.41) is 46.9. The standard InChI is InChI=1S/C52H62O6/c1-27-19-33(35-21-29(3)25-39(45(35)53)51(11,12)13)41(37(23-27)49(5,6)7)43-31(47(55)56)17-18-32(48(57)58)44(43)42-34(20-28(2)24-38(42)50(8,9)10)36-22-30(4)26-40(46(36)54)52(14,15)16/h17-26,53-54H,1-16H3,(H,55,56)(H,57,58). The summed E-state index contributed by atoms with van der Waals surface area (Å²) in [6.07, 6.45) is 0. The molecule has 5 rings (SSSR count). The van der Waals surface area contributed by atoms with E-state index in [-0.39, 0.29) is 33.8 Å². The van der Waals surface area contributed by atoms with Crippen molar-refractivity contribution in [3.05, 3.63) is 116 Å². The normalized spacial score (nSPS) is 12.6. The molecule has 0 amide bonds. The van der Waals surface area contributed by atoms with Crippen LogP contribution in [0, 0.1) is 27.7 Å². The highest BCUT2D eigenvalue weighted by Gasteiger charge is 2.36. The van der Waals surface area contributed by atoms with Gasteiger partial charge >= 0.3 is 11.9 Å². The van der Waals surface area contributed by atoms with Gasteiger partial charge in [-0.25, -0.2) is 9.59 Å². The van der Waals surface area contributed by atoms with Gasteiger partial charge in [0, 0.05) is 33.4 Å². The number of carboxylic acids is 2. The lowest BCUT2D eigenvalue weighted by molar-refractivity contribution is 0.0682. The van der Waals surface area contributed by atoms with Crippen molar-refractivity contribution in [1.82, 2.24) is 0 Å². The maximum Gasteiger partial charge on any atom is 0.336 e. The van der Waals surface area contributed by atoms with Crippen LogP contribution in [-0.2, 0) is 21.7 Å². The highest BCUT2D eigenvalue weighted by Crippen LogP contribution is 2.54. The monoisotopic (exact) mass is 782 g/mol. The molecule has 0 radical (unpaired) electrons. The quantitative estimate of drug-likeness (QED) is 0.136. The molecule has 6 nitrogen and oxygen atoms in total. The molecule has 0 aromatic heterocycles. The van der Waals surface area contributed by atoms with E-state index in [1.165, 1.54) is 12.1 Å². The molecule has 0 atom stereocenters. The summed E-state index contributed by atoms with van der Waals surface area (Å²) in [5.74, 6) is -2.27. The smallest absolute Gasteiger partial charge is 0.336 e. The van der Waals surface area contributed by atoms with Crippen molar-refractivity contribution in [1.29, 1.82) is 0 Å². The number of phenols is 2. The average Bonchev–Trinajstić information content (AvgIpc) is 3.06. The van der Waals surface area contributed by atoms with Crippen LogP contribution in [0.2, 0.25) is 0 Å². The number of phenolic OH excluding ortho intramolecular Hbond substituents is 2. The Morgan fingerprint density at radius 2 is 0.621 bits per heavy atom.